The van der Waals surface area contributed by atoms with Crippen LogP contribution >= 0.6 is 24.0 Å². The number of hydrogen-bond donors (Lipinski definition) is 0. The number of anilines is 1. The molecule has 6 nitrogen and oxygen atoms in total. The molecule has 188 valence electrons. The molecule has 2 unspecified atom stereocenters. The van der Waals surface area contributed by atoms with E-state index in [4.69, 9.17) is 12.2 Å². The van der Waals surface area contributed by atoms with Crippen LogP contribution in [0.4, 0.5) is 5.82 Å². The minimum absolute atomic E-state index is 0.0394. The Morgan fingerprint density at radius 2 is 1.83 bits per heavy atom. The molecule has 1 saturated carbocycles. The number of unbranched alkanes of at least 4 members (excludes halogenated alkanes) is 1. The van der Waals surface area contributed by atoms with E-state index in [1.165, 1.54) is 11.8 Å². The largest absolute Gasteiger partial charge is 0.357 e. The first kappa shape index (κ1) is 26.0. The van der Waals surface area contributed by atoms with Crippen LogP contribution in [0.5, 0.6) is 0 Å². The zero-order valence-electron chi connectivity index (χ0n) is 21.3. The van der Waals surface area contributed by atoms with Gasteiger partial charge in [0.05, 0.1) is 4.91 Å². The quantitative estimate of drug-likeness (QED) is 0.373. The topological polar surface area (TPSA) is 69.3 Å². The molecule has 0 radical (unpaired) electrons. The van der Waals surface area contributed by atoms with Gasteiger partial charge >= 0.3 is 0 Å². The van der Waals surface area contributed by atoms with Gasteiger partial charge in [-0.15, -0.1) is 0 Å². The number of nitriles is 1. The second kappa shape index (κ2) is 10.9. The fourth-order valence-corrected chi connectivity index (χ4v) is 7.31. The summed E-state index contributed by atoms with van der Waals surface area (Å²) in [6.45, 7) is 10.7. The van der Waals surface area contributed by atoms with Gasteiger partial charge in [-0.1, -0.05) is 64.0 Å². The fraction of sp³-hybridized carbons (Fsp3) is 0.630. The Bertz CT molecular complexity index is 1130. The van der Waals surface area contributed by atoms with Crippen LogP contribution in [0.25, 0.3) is 6.08 Å². The minimum Gasteiger partial charge on any atom is -0.357 e. The Labute approximate surface area is 218 Å². The van der Waals surface area contributed by atoms with Crippen molar-refractivity contribution in [3.8, 4) is 6.07 Å². The van der Waals surface area contributed by atoms with E-state index in [0.717, 1.165) is 69.4 Å². The second-order valence-corrected chi connectivity index (χ2v) is 12.2. The van der Waals surface area contributed by atoms with Crippen LogP contribution in [0.2, 0.25) is 0 Å². The van der Waals surface area contributed by atoms with E-state index >= 15 is 0 Å². The zero-order chi connectivity index (χ0) is 25.3. The lowest BCUT2D eigenvalue weighted by Crippen LogP contribution is -2.43. The Balaban J connectivity index is 1.88. The smallest absolute Gasteiger partial charge is 0.270 e. The maximum atomic E-state index is 13.5. The van der Waals surface area contributed by atoms with Crippen LogP contribution in [0, 0.1) is 30.1 Å². The van der Waals surface area contributed by atoms with Crippen molar-refractivity contribution in [2.45, 2.75) is 85.2 Å². The molecule has 1 aromatic heterocycles. The van der Waals surface area contributed by atoms with Crippen molar-refractivity contribution in [1.82, 2.24) is 9.47 Å². The van der Waals surface area contributed by atoms with E-state index < -0.39 is 0 Å². The van der Waals surface area contributed by atoms with Crippen molar-refractivity contribution in [2.75, 3.05) is 18.0 Å². The summed E-state index contributed by atoms with van der Waals surface area (Å²) in [4.78, 5) is 31.7. The normalized spacial score (nSPS) is 24.6. The molecule has 3 aliphatic rings. The van der Waals surface area contributed by atoms with Crippen LogP contribution in [-0.2, 0) is 11.3 Å². The molecule has 3 heterocycles. The van der Waals surface area contributed by atoms with Gasteiger partial charge in [-0.2, -0.15) is 5.26 Å². The number of hydrogen-bond acceptors (Lipinski definition) is 6. The van der Waals surface area contributed by atoms with E-state index in [1.807, 2.05) is 13.0 Å². The predicted octanol–water partition coefficient (Wildman–Crippen LogP) is 5.45. The lowest BCUT2D eigenvalue weighted by Gasteiger charge is -2.39. The highest BCUT2D eigenvalue weighted by Crippen LogP contribution is 2.40. The molecule has 0 N–H and O–H groups in total. The van der Waals surface area contributed by atoms with Crippen molar-refractivity contribution in [3.63, 3.8) is 0 Å². The number of carbonyl (C=O) groups is 1. The molecule has 1 aliphatic carbocycles. The lowest BCUT2D eigenvalue weighted by atomic mass is 9.91. The molecule has 8 heteroatoms. The maximum Gasteiger partial charge on any atom is 0.270 e. The van der Waals surface area contributed by atoms with Crippen LogP contribution < -0.4 is 10.5 Å². The molecule has 2 atom stereocenters. The maximum absolute atomic E-state index is 13.5. The Hall–Kier alpha value is -2.11. The lowest BCUT2D eigenvalue weighted by molar-refractivity contribution is -0.123. The Morgan fingerprint density at radius 3 is 2.43 bits per heavy atom. The fourth-order valence-electron chi connectivity index (χ4n) is 5.93. The number of carbonyl (C=O) groups excluding carboxylic acids is 1. The van der Waals surface area contributed by atoms with Gasteiger partial charge in [-0.05, 0) is 56.1 Å². The zero-order valence-corrected chi connectivity index (χ0v) is 22.9. The van der Waals surface area contributed by atoms with Crippen molar-refractivity contribution in [2.24, 2.45) is 11.8 Å². The average molecular weight is 513 g/mol. The van der Waals surface area contributed by atoms with Gasteiger partial charge in [-0.3, -0.25) is 19.1 Å². The van der Waals surface area contributed by atoms with Crippen molar-refractivity contribution in [1.29, 1.82) is 5.26 Å². The van der Waals surface area contributed by atoms with Crippen LogP contribution in [-0.4, -0.2) is 38.8 Å². The first-order valence-corrected chi connectivity index (χ1v) is 14.2. The molecule has 3 fully saturated rings. The first-order chi connectivity index (χ1) is 16.8. The number of thioether (sulfide) groups is 1. The summed E-state index contributed by atoms with van der Waals surface area (Å²) in [6.07, 6.45) is 9.10. The summed E-state index contributed by atoms with van der Waals surface area (Å²) in [5.41, 5.74) is 1.40. The summed E-state index contributed by atoms with van der Waals surface area (Å²) >= 11 is 6.98. The minimum atomic E-state index is -0.227. The van der Waals surface area contributed by atoms with E-state index in [2.05, 4.69) is 31.7 Å². The van der Waals surface area contributed by atoms with Gasteiger partial charge in [0.2, 0.25) is 0 Å². The first-order valence-electron chi connectivity index (χ1n) is 13.0. The monoisotopic (exact) mass is 512 g/mol. The molecule has 1 amide bonds. The molecule has 2 saturated heterocycles. The van der Waals surface area contributed by atoms with Crippen LogP contribution in [0.15, 0.2) is 9.70 Å². The van der Waals surface area contributed by atoms with Crippen molar-refractivity contribution in [3.05, 3.63) is 31.9 Å². The number of thiocarbonyl (C=S) groups is 1. The van der Waals surface area contributed by atoms with Gasteiger partial charge < -0.3 is 4.90 Å². The van der Waals surface area contributed by atoms with Crippen molar-refractivity contribution >= 4 is 46.1 Å². The van der Waals surface area contributed by atoms with E-state index in [-0.39, 0.29) is 23.1 Å². The Morgan fingerprint density at radius 1 is 1.17 bits per heavy atom. The molecule has 0 bridgehead atoms. The molecule has 35 heavy (non-hydrogen) atoms. The van der Waals surface area contributed by atoms with Gasteiger partial charge in [0.25, 0.3) is 11.5 Å². The van der Waals surface area contributed by atoms with E-state index in [1.54, 1.807) is 9.47 Å². The standard InChI is InChI=1S/C27H36N4O2S2/c1-5-6-11-30-24(29-15-17(2)12-18(3)16-29)21(19(4)22(14-28)25(30)32)13-23-26(33)31(27(34)35-23)20-9-7-8-10-20/h13,17-18,20H,5-12,15-16H2,1-4H3/b23-13+. The Kier molecular flexibility index (Phi) is 8.07. The SMILES string of the molecule is CCCCn1c(N2CC(C)CC(C)C2)c(/C=C2/SC(=S)N(C3CCCC3)C2=O)c(C)c(C#N)c1=O. The number of piperidine rings is 1. The van der Waals surface area contributed by atoms with E-state index in [0.29, 0.717) is 33.2 Å². The highest BCUT2D eigenvalue weighted by molar-refractivity contribution is 8.26. The van der Waals surface area contributed by atoms with Crippen molar-refractivity contribution < 1.29 is 4.79 Å². The van der Waals surface area contributed by atoms with Crippen LogP contribution in [0.1, 0.15) is 82.4 Å². The summed E-state index contributed by atoms with van der Waals surface area (Å²) in [6, 6.07) is 2.34. The number of aromatic nitrogens is 1. The highest BCUT2D eigenvalue weighted by atomic mass is 32.2. The molecule has 1 aromatic rings. The summed E-state index contributed by atoms with van der Waals surface area (Å²) in [5.74, 6) is 1.81. The molecular weight excluding hydrogens is 476 g/mol. The third-order valence-corrected chi connectivity index (χ3v) is 8.87. The van der Waals surface area contributed by atoms with E-state index in [9.17, 15) is 14.9 Å². The summed E-state index contributed by atoms with van der Waals surface area (Å²) in [5, 5.41) is 9.90. The second-order valence-electron chi connectivity index (χ2n) is 10.5. The molecule has 0 aromatic carbocycles. The highest BCUT2D eigenvalue weighted by Gasteiger charge is 2.39. The number of amides is 1. The van der Waals surface area contributed by atoms with Gasteiger partial charge in [0, 0.05) is 31.2 Å². The van der Waals surface area contributed by atoms with Crippen LogP contribution in [0.3, 0.4) is 0 Å². The van der Waals surface area contributed by atoms with Gasteiger partial charge in [-0.25, -0.2) is 0 Å². The molecule has 4 rings (SSSR count). The number of nitrogens with zero attached hydrogens (tertiary/aromatic N) is 4. The molecule has 2 aliphatic heterocycles. The van der Waals surface area contributed by atoms with Gasteiger partial charge in [0.15, 0.2) is 0 Å². The summed E-state index contributed by atoms with van der Waals surface area (Å²) in [7, 11) is 0. The molecule has 0 spiro atoms. The third-order valence-electron chi connectivity index (χ3n) is 7.54. The summed E-state index contributed by atoms with van der Waals surface area (Å²) < 4.78 is 2.41. The number of pyridine rings is 1. The average Bonchev–Trinajstić information content (AvgIpc) is 3.42. The predicted molar refractivity (Wildman–Crippen MR) is 147 cm³/mol. The third kappa shape index (κ3) is 5.08. The van der Waals surface area contributed by atoms with Gasteiger partial charge in [0.1, 0.15) is 21.8 Å². The number of rotatable bonds is 6. The molecular formula is C27H36N4O2S2.